The molecule has 1 aliphatic heterocycles. The lowest BCUT2D eigenvalue weighted by Gasteiger charge is -2.32. The molecule has 11 rings (SSSR count). The van der Waals surface area contributed by atoms with E-state index in [9.17, 15) is 0 Å². The third-order valence-corrected chi connectivity index (χ3v) is 9.98. The Labute approximate surface area is 286 Å². The maximum Gasteiger partial charge on any atom is 0.238 e. The second-order valence-electron chi connectivity index (χ2n) is 12.9. The zero-order valence-electron chi connectivity index (χ0n) is 26.7. The van der Waals surface area contributed by atoms with Gasteiger partial charge in [0, 0.05) is 32.8 Å². The molecule has 0 N–H and O–H groups in total. The van der Waals surface area contributed by atoms with Crippen molar-refractivity contribution in [1.82, 2.24) is 15.0 Å². The van der Waals surface area contributed by atoms with Gasteiger partial charge in [0.25, 0.3) is 0 Å². The van der Waals surface area contributed by atoms with Crippen LogP contribution in [0.3, 0.4) is 0 Å². The maximum absolute atomic E-state index is 6.17. The Morgan fingerprint density at radius 3 is 1.88 bits per heavy atom. The number of fused-ring (bicyclic) bond motifs is 7. The molecular weight excluding hydrogens is 613 g/mol. The Bertz CT molecular complexity index is 3010. The largest absolute Gasteiger partial charge is 0.456 e. The van der Waals surface area contributed by atoms with E-state index < -0.39 is 0 Å². The van der Waals surface area contributed by atoms with Gasteiger partial charge in [0.1, 0.15) is 11.2 Å². The molecule has 10 aromatic rings. The Hall–Kier alpha value is -6.85. The molecule has 2 aromatic heterocycles. The highest BCUT2D eigenvalue weighted by Crippen LogP contribution is 2.51. The molecule has 50 heavy (non-hydrogen) atoms. The van der Waals surface area contributed by atoms with Gasteiger partial charge in [-0.3, -0.25) is 4.90 Å². The molecule has 5 nitrogen and oxygen atoms in total. The van der Waals surface area contributed by atoms with Gasteiger partial charge in [-0.1, -0.05) is 109 Å². The van der Waals surface area contributed by atoms with Gasteiger partial charge in [-0.05, 0) is 81.0 Å². The summed E-state index contributed by atoms with van der Waals surface area (Å²) in [7, 11) is 0. The minimum atomic E-state index is 0.564. The van der Waals surface area contributed by atoms with E-state index in [4.69, 9.17) is 19.4 Å². The minimum Gasteiger partial charge on any atom is -0.456 e. The Morgan fingerprint density at radius 2 is 1.04 bits per heavy atom. The Morgan fingerprint density at radius 1 is 0.400 bits per heavy atom. The molecule has 0 atom stereocenters. The lowest BCUT2D eigenvalue weighted by atomic mass is 9.90. The van der Waals surface area contributed by atoms with Crippen LogP contribution in [0.5, 0.6) is 0 Å². The van der Waals surface area contributed by atoms with Crippen molar-refractivity contribution in [3.8, 4) is 33.9 Å². The first kappa shape index (κ1) is 27.1. The van der Waals surface area contributed by atoms with Gasteiger partial charge >= 0.3 is 0 Å². The zero-order valence-corrected chi connectivity index (χ0v) is 26.7. The van der Waals surface area contributed by atoms with Crippen LogP contribution in [0, 0.1) is 0 Å². The number of benzene rings is 8. The van der Waals surface area contributed by atoms with Crippen molar-refractivity contribution in [2.24, 2.45) is 0 Å². The number of rotatable bonds is 3. The number of nitrogens with zero attached hydrogens (tertiary/aromatic N) is 4. The summed E-state index contributed by atoms with van der Waals surface area (Å²) >= 11 is 0. The lowest BCUT2D eigenvalue weighted by molar-refractivity contribution is 0.669. The molecule has 0 aliphatic carbocycles. The van der Waals surface area contributed by atoms with Gasteiger partial charge in [0.2, 0.25) is 5.95 Å². The average molecular weight is 639 g/mol. The Kier molecular flexibility index (Phi) is 5.60. The van der Waals surface area contributed by atoms with Gasteiger partial charge in [0.15, 0.2) is 11.6 Å². The lowest BCUT2D eigenvalue weighted by Crippen LogP contribution is -2.18. The molecule has 0 bridgehead atoms. The molecule has 0 spiro atoms. The summed E-state index contributed by atoms with van der Waals surface area (Å²) in [5.41, 5.74) is 7.94. The van der Waals surface area contributed by atoms with Crippen molar-refractivity contribution in [2.75, 3.05) is 4.90 Å². The van der Waals surface area contributed by atoms with Crippen LogP contribution in [0.4, 0.5) is 17.3 Å². The second kappa shape index (κ2) is 10.3. The second-order valence-corrected chi connectivity index (χ2v) is 12.9. The van der Waals surface area contributed by atoms with E-state index in [2.05, 4.69) is 132 Å². The van der Waals surface area contributed by atoms with Gasteiger partial charge < -0.3 is 4.42 Å². The van der Waals surface area contributed by atoms with Crippen LogP contribution in [0.1, 0.15) is 0 Å². The van der Waals surface area contributed by atoms with E-state index in [1.807, 2.05) is 30.3 Å². The summed E-state index contributed by atoms with van der Waals surface area (Å²) in [4.78, 5) is 18.0. The number of furan rings is 1. The number of aromatic nitrogens is 3. The molecule has 3 heterocycles. The smallest absolute Gasteiger partial charge is 0.238 e. The van der Waals surface area contributed by atoms with E-state index in [0.29, 0.717) is 17.6 Å². The van der Waals surface area contributed by atoms with Crippen LogP contribution >= 0.6 is 0 Å². The van der Waals surface area contributed by atoms with Crippen molar-refractivity contribution >= 4 is 71.6 Å². The monoisotopic (exact) mass is 638 g/mol. The van der Waals surface area contributed by atoms with Crippen LogP contribution < -0.4 is 4.90 Å². The van der Waals surface area contributed by atoms with E-state index in [0.717, 1.165) is 60.8 Å². The highest BCUT2D eigenvalue weighted by molar-refractivity contribution is 6.15. The zero-order chi connectivity index (χ0) is 32.8. The number of hydrogen-bond donors (Lipinski definition) is 0. The van der Waals surface area contributed by atoms with Crippen molar-refractivity contribution in [2.45, 2.75) is 0 Å². The van der Waals surface area contributed by atoms with Gasteiger partial charge in [0.05, 0.1) is 11.4 Å². The number of para-hydroxylation sites is 1. The summed E-state index contributed by atoms with van der Waals surface area (Å²) in [6, 6.07) is 55.2. The molecule has 5 heteroatoms. The SMILES string of the molecule is c1ccc2cc(-c3nc(-c4ccc5oc6ccccc6c5c4)nc(N4c5cc6ccccc6cc5-c5cccc6cccc4c56)n3)ccc2c1. The van der Waals surface area contributed by atoms with Gasteiger partial charge in [-0.25, -0.2) is 4.98 Å². The molecule has 0 amide bonds. The van der Waals surface area contributed by atoms with Crippen molar-refractivity contribution < 1.29 is 4.42 Å². The topological polar surface area (TPSA) is 55.1 Å². The van der Waals surface area contributed by atoms with Gasteiger partial charge in [-0.15, -0.1) is 0 Å². The van der Waals surface area contributed by atoms with Crippen LogP contribution in [-0.4, -0.2) is 15.0 Å². The number of hydrogen-bond acceptors (Lipinski definition) is 5. The predicted octanol–water partition coefficient (Wildman–Crippen LogP) is 12.0. The van der Waals surface area contributed by atoms with Crippen LogP contribution in [0.2, 0.25) is 0 Å². The van der Waals surface area contributed by atoms with Crippen LogP contribution in [-0.2, 0) is 0 Å². The highest BCUT2D eigenvalue weighted by Gasteiger charge is 2.29. The molecule has 0 radical (unpaired) electrons. The van der Waals surface area contributed by atoms with E-state index in [1.54, 1.807) is 0 Å². The molecule has 1 aliphatic rings. The molecule has 0 unspecified atom stereocenters. The third-order valence-electron chi connectivity index (χ3n) is 9.98. The van der Waals surface area contributed by atoms with Crippen molar-refractivity contribution in [3.63, 3.8) is 0 Å². The van der Waals surface area contributed by atoms with E-state index >= 15 is 0 Å². The van der Waals surface area contributed by atoms with E-state index in [1.165, 1.54) is 27.1 Å². The van der Waals surface area contributed by atoms with Crippen LogP contribution in [0.15, 0.2) is 162 Å². The fraction of sp³-hybridized carbons (Fsp3) is 0. The first-order valence-electron chi connectivity index (χ1n) is 16.8. The quantitative estimate of drug-likeness (QED) is 0.193. The predicted molar refractivity (Wildman–Crippen MR) is 204 cm³/mol. The van der Waals surface area contributed by atoms with Crippen molar-refractivity contribution in [3.05, 3.63) is 158 Å². The normalized spacial score (nSPS) is 12.4. The highest BCUT2D eigenvalue weighted by atomic mass is 16.3. The molecule has 0 saturated carbocycles. The maximum atomic E-state index is 6.17. The van der Waals surface area contributed by atoms with E-state index in [-0.39, 0.29) is 0 Å². The molecule has 8 aromatic carbocycles. The Balaban J connectivity index is 1.21. The number of anilines is 3. The molecule has 0 fully saturated rings. The minimum absolute atomic E-state index is 0.564. The summed E-state index contributed by atoms with van der Waals surface area (Å²) in [6.45, 7) is 0. The summed E-state index contributed by atoms with van der Waals surface area (Å²) in [5.74, 6) is 1.77. The van der Waals surface area contributed by atoms with Crippen LogP contribution in [0.25, 0.3) is 88.2 Å². The third kappa shape index (κ3) is 4.04. The van der Waals surface area contributed by atoms with Crippen molar-refractivity contribution in [1.29, 1.82) is 0 Å². The fourth-order valence-electron chi connectivity index (χ4n) is 7.62. The summed E-state index contributed by atoms with van der Waals surface area (Å²) < 4.78 is 6.17. The standard InChI is InChI=1S/C45H26N4O/c1-2-10-29-23-32(20-19-27(29)9-1)43-46-44(33-21-22-41-37(25-33)34-15-5-6-18-40(34)50-41)48-45(47-43)49-38-17-8-14-28-13-7-16-35(42(28)38)36-24-30-11-3-4-12-31(30)26-39(36)49/h1-26H. The van der Waals surface area contributed by atoms with Gasteiger partial charge in [-0.2, -0.15) is 9.97 Å². The first-order valence-corrected chi connectivity index (χ1v) is 16.8. The summed E-state index contributed by atoms with van der Waals surface area (Å²) in [6.07, 6.45) is 0. The summed E-state index contributed by atoms with van der Waals surface area (Å²) in [5, 5.41) is 9.09. The molecular formula is C45H26N4O. The molecule has 232 valence electrons. The average Bonchev–Trinajstić information content (AvgIpc) is 3.55. The first-order chi connectivity index (χ1) is 24.7. The fourth-order valence-corrected chi connectivity index (χ4v) is 7.62. The molecule has 0 saturated heterocycles.